The minimum atomic E-state index is -1.15. The van der Waals surface area contributed by atoms with Gasteiger partial charge in [0.25, 0.3) is 0 Å². The Morgan fingerprint density at radius 3 is 2.19 bits per heavy atom. The summed E-state index contributed by atoms with van der Waals surface area (Å²) in [6, 6.07) is 18.8. The number of carbonyl (C=O) groups is 1. The number of pyridine rings is 1. The first-order valence-corrected chi connectivity index (χ1v) is 8.21. The summed E-state index contributed by atoms with van der Waals surface area (Å²) < 4.78 is 26.9. The van der Waals surface area contributed by atoms with Gasteiger partial charge in [-0.3, -0.25) is 0 Å². The van der Waals surface area contributed by atoms with Gasteiger partial charge >= 0.3 is 5.97 Å². The van der Waals surface area contributed by atoms with Crippen molar-refractivity contribution in [2.75, 3.05) is 0 Å². The molecule has 5 heteroatoms. The molecule has 1 aromatic heterocycles. The Balaban J connectivity index is 1.80. The van der Waals surface area contributed by atoms with E-state index in [1.165, 1.54) is 36.4 Å². The molecule has 3 nitrogen and oxygen atoms in total. The normalized spacial score (nSPS) is 10.9. The smallest absolute Gasteiger partial charge is 0.336 e. The van der Waals surface area contributed by atoms with Gasteiger partial charge in [-0.1, -0.05) is 36.4 Å². The molecule has 0 saturated heterocycles. The second-order valence-corrected chi connectivity index (χ2v) is 6.11. The molecule has 4 aromatic rings. The molecule has 0 aliphatic heterocycles. The van der Waals surface area contributed by atoms with E-state index in [1.807, 2.05) is 18.2 Å². The molecule has 0 atom stereocenters. The number of halogens is 2. The third-order valence-corrected chi connectivity index (χ3v) is 4.34. The molecule has 3 aromatic carbocycles. The number of fused-ring (bicyclic) bond motifs is 1. The zero-order valence-electron chi connectivity index (χ0n) is 14.0. The van der Waals surface area contributed by atoms with Crippen LogP contribution in [0.3, 0.4) is 0 Å². The fourth-order valence-electron chi connectivity index (χ4n) is 3.02. The Labute approximate surface area is 153 Å². The molecule has 0 saturated carbocycles. The van der Waals surface area contributed by atoms with Gasteiger partial charge in [-0.2, -0.15) is 0 Å². The Morgan fingerprint density at radius 1 is 0.778 bits per heavy atom. The minimum Gasteiger partial charge on any atom is -0.478 e. The van der Waals surface area contributed by atoms with Gasteiger partial charge in [0.15, 0.2) is 0 Å². The molecule has 0 spiro atoms. The fraction of sp³-hybridized carbons (Fsp3) is 0. The summed E-state index contributed by atoms with van der Waals surface area (Å²) >= 11 is 0. The van der Waals surface area contributed by atoms with E-state index in [2.05, 4.69) is 4.98 Å². The predicted molar refractivity (Wildman–Crippen MR) is 99.5 cm³/mol. The highest BCUT2D eigenvalue weighted by molar-refractivity contribution is 6.03. The van der Waals surface area contributed by atoms with Crippen molar-refractivity contribution in [3.8, 4) is 22.4 Å². The van der Waals surface area contributed by atoms with Gasteiger partial charge in [0.1, 0.15) is 11.6 Å². The molecule has 0 radical (unpaired) electrons. The number of rotatable bonds is 3. The van der Waals surface area contributed by atoms with Crippen molar-refractivity contribution in [1.82, 2.24) is 4.98 Å². The third-order valence-electron chi connectivity index (χ3n) is 4.34. The lowest BCUT2D eigenvalue weighted by Gasteiger charge is -2.08. The first-order chi connectivity index (χ1) is 13.0. The van der Waals surface area contributed by atoms with Gasteiger partial charge in [0, 0.05) is 10.9 Å². The topological polar surface area (TPSA) is 50.2 Å². The highest BCUT2D eigenvalue weighted by atomic mass is 19.1. The number of nitrogens with zero attached hydrogens (tertiary/aromatic N) is 1. The molecule has 27 heavy (non-hydrogen) atoms. The van der Waals surface area contributed by atoms with E-state index < -0.39 is 11.8 Å². The lowest BCUT2D eigenvalue weighted by Crippen LogP contribution is -2.00. The number of carboxylic acids is 1. The summed E-state index contributed by atoms with van der Waals surface area (Å²) in [4.78, 5) is 16.1. The lowest BCUT2D eigenvalue weighted by atomic mass is 10.0. The molecular formula is C22H13F2NO2. The van der Waals surface area contributed by atoms with Crippen molar-refractivity contribution in [3.05, 3.63) is 90.0 Å². The van der Waals surface area contributed by atoms with Crippen LogP contribution in [0, 0.1) is 11.6 Å². The van der Waals surface area contributed by atoms with Crippen LogP contribution in [-0.2, 0) is 0 Å². The van der Waals surface area contributed by atoms with Crippen molar-refractivity contribution in [2.24, 2.45) is 0 Å². The van der Waals surface area contributed by atoms with Gasteiger partial charge in [0.05, 0.1) is 16.8 Å². The molecule has 0 unspecified atom stereocenters. The molecule has 1 N–H and O–H groups in total. The Kier molecular flexibility index (Phi) is 4.12. The average Bonchev–Trinajstić information content (AvgIpc) is 2.67. The van der Waals surface area contributed by atoms with Crippen molar-refractivity contribution in [3.63, 3.8) is 0 Å². The van der Waals surface area contributed by atoms with E-state index in [4.69, 9.17) is 0 Å². The van der Waals surface area contributed by atoms with Gasteiger partial charge < -0.3 is 5.11 Å². The van der Waals surface area contributed by atoms with Crippen molar-refractivity contribution in [1.29, 1.82) is 0 Å². The van der Waals surface area contributed by atoms with Crippen LogP contribution in [0.15, 0.2) is 72.8 Å². The summed E-state index contributed by atoms with van der Waals surface area (Å²) in [7, 11) is 0. The summed E-state index contributed by atoms with van der Waals surface area (Å²) in [6.07, 6.45) is 0. The predicted octanol–water partition coefficient (Wildman–Crippen LogP) is 5.55. The molecule has 0 amide bonds. The second kappa shape index (κ2) is 6.61. The van der Waals surface area contributed by atoms with E-state index in [0.717, 1.165) is 11.1 Å². The molecule has 4 rings (SSSR count). The maximum atomic E-state index is 13.5. The van der Waals surface area contributed by atoms with E-state index in [-0.39, 0.29) is 16.8 Å². The molecule has 0 bridgehead atoms. The molecule has 132 valence electrons. The van der Waals surface area contributed by atoms with Crippen molar-refractivity contribution < 1.29 is 18.7 Å². The second-order valence-electron chi connectivity index (χ2n) is 6.11. The minimum absolute atomic E-state index is 0.0105. The number of hydrogen-bond acceptors (Lipinski definition) is 2. The van der Waals surface area contributed by atoms with E-state index in [9.17, 15) is 18.7 Å². The van der Waals surface area contributed by atoms with E-state index >= 15 is 0 Å². The highest BCUT2D eigenvalue weighted by Gasteiger charge is 2.14. The standard InChI is InChI=1S/C22H13F2NO2/c23-16-3-1-2-15(10-16)13-4-6-14(7-5-13)21-12-19(22(26)27)18-11-17(24)8-9-20(18)25-21/h1-12H,(H,26,27). The summed E-state index contributed by atoms with van der Waals surface area (Å²) in [5, 5.41) is 9.73. The quantitative estimate of drug-likeness (QED) is 0.521. The number of aromatic carboxylic acids is 1. The molecule has 0 fully saturated rings. The summed E-state index contributed by atoms with van der Waals surface area (Å²) in [6.45, 7) is 0. The zero-order chi connectivity index (χ0) is 19.0. The molecular weight excluding hydrogens is 348 g/mol. The van der Waals surface area contributed by atoms with Gasteiger partial charge in [-0.15, -0.1) is 0 Å². The maximum absolute atomic E-state index is 13.5. The SMILES string of the molecule is O=C(O)c1cc(-c2ccc(-c3cccc(F)c3)cc2)nc2ccc(F)cc12. The van der Waals surface area contributed by atoms with Crippen LogP contribution in [0.1, 0.15) is 10.4 Å². The van der Waals surface area contributed by atoms with Crippen LogP contribution in [0.4, 0.5) is 8.78 Å². The van der Waals surface area contributed by atoms with Crippen LogP contribution in [0.5, 0.6) is 0 Å². The lowest BCUT2D eigenvalue weighted by molar-refractivity contribution is 0.0699. The van der Waals surface area contributed by atoms with Crippen molar-refractivity contribution in [2.45, 2.75) is 0 Å². The van der Waals surface area contributed by atoms with Crippen LogP contribution >= 0.6 is 0 Å². The Bertz CT molecular complexity index is 1170. The molecule has 1 heterocycles. The first-order valence-electron chi connectivity index (χ1n) is 8.21. The number of benzene rings is 3. The Morgan fingerprint density at radius 2 is 1.48 bits per heavy atom. The molecule has 0 aliphatic rings. The van der Waals surface area contributed by atoms with Crippen molar-refractivity contribution >= 4 is 16.9 Å². The van der Waals surface area contributed by atoms with Crippen LogP contribution in [-0.4, -0.2) is 16.1 Å². The number of aromatic nitrogens is 1. The van der Waals surface area contributed by atoms with Gasteiger partial charge in [-0.05, 0) is 47.5 Å². The molecule has 0 aliphatic carbocycles. The zero-order valence-corrected chi connectivity index (χ0v) is 14.0. The summed E-state index contributed by atoms with van der Waals surface area (Å²) in [5.74, 6) is -1.98. The fourth-order valence-corrected chi connectivity index (χ4v) is 3.02. The maximum Gasteiger partial charge on any atom is 0.336 e. The largest absolute Gasteiger partial charge is 0.478 e. The van der Waals surface area contributed by atoms with Gasteiger partial charge in [0.2, 0.25) is 0 Å². The monoisotopic (exact) mass is 361 g/mol. The number of hydrogen-bond donors (Lipinski definition) is 1. The van der Waals surface area contributed by atoms with Gasteiger partial charge in [-0.25, -0.2) is 18.6 Å². The van der Waals surface area contributed by atoms with Crippen LogP contribution in [0.25, 0.3) is 33.3 Å². The number of carboxylic acid groups (broad SMARTS) is 1. The van der Waals surface area contributed by atoms with Crippen LogP contribution in [0.2, 0.25) is 0 Å². The third kappa shape index (κ3) is 3.27. The Hall–Kier alpha value is -3.60. The van der Waals surface area contributed by atoms with E-state index in [1.54, 1.807) is 18.2 Å². The average molecular weight is 361 g/mol. The summed E-state index contributed by atoms with van der Waals surface area (Å²) in [5.41, 5.74) is 3.15. The first kappa shape index (κ1) is 16.8. The van der Waals surface area contributed by atoms with Crippen LogP contribution < -0.4 is 0 Å². The van der Waals surface area contributed by atoms with E-state index in [0.29, 0.717) is 16.8 Å². The highest BCUT2D eigenvalue weighted by Crippen LogP contribution is 2.28.